The molecule has 3 rings (SSSR count). The summed E-state index contributed by atoms with van der Waals surface area (Å²) in [6.45, 7) is 0. The van der Waals surface area contributed by atoms with Gasteiger partial charge in [-0.25, -0.2) is 0 Å². The van der Waals surface area contributed by atoms with Crippen molar-refractivity contribution in [3.63, 3.8) is 0 Å². The quantitative estimate of drug-likeness (QED) is 0.574. The average Bonchev–Trinajstić information content (AvgIpc) is 2.38. The molecular weight excluding hydrogens is 172 g/mol. The Morgan fingerprint density at radius 3 is 2.33 bits per heavy atom. The number of aliphatic hydroxyl groups excluding tert-OH is 1. The number of aliphatic hydroxyl groups is 1. The highest BCUT2D eigenvalue weighted by Gasteiger charge is 2.52. The van der Waals surface area contributed by atoms with Crippen LogP contribution in [0.2, 0.25) is 0 Å². The average molecular weight is 187 g/mol. The molecule has 3 bridgehead atoms. The molecule has 0 spiro atoms. The highest BCUT2D eigenvalue weighted by molar-refractivity contribution is 6.21. The number of halogens is 1. The zero-order valence-electron chi connectivity index (χ0n) is 7.12. The summed E-state index contributed by atoms with van der Waals surface area (Å²) in [6.07, 6.45) is 4.75. The van der Waals surface area contributed by atoms with Crippen LogP contribution in [0.3, 0.4) is 0 Å². The second kappa shape index (κ2) is 2.39. The van der Waals surface area contributed by atoms with Crippen molar-refractivity contribution in [1.29, 1.82) is 0 Å². The molecule has 1 nitrogen and oxygen atoms in total. The second-order valence-electron chi connectivity index (χ2n) is 4.90. The van der Waals surface area contributed by atoms with E-state index in [1.165, 1.54) is 19.3 Å². The fourth-order valence-corrected chi connectivity index (χ4v) is 4.23. The predicted octanol–water partition coefficient (Wildman–Crippen LogP) is 2.02. The summed E-state index contributed by atoms with van der Waals surface area (Å²) < 4.78 is 0. The lowest BCUT2D eigenvalue weighted by molar-refractivity contribution is 0.0215. The van der Waals surface area contributed by atoms with Gasteiger partial charge in [0.15, 0.2) is 0 Å². The van der Waals surface area contributed by atoms with E-state index in [0.717, 1.165) is 18.3 Å². The van der Waals surface area contributed by atoms with E-state index < -0.39 is 0 Å². The van der Waals surface area contributed by atoms with Gasteiger partial charge in [0.05, 0.1) is 6.10 Å². The van der Waals surface area contributed by atoms with Crippen LogP contribution in [0.25, 0.3) is 0 Å². The van der Waals surface area contributed by atoms with Crippen LogP contribution >= 0.6 is 11.6 Å². The first-order valence-electron chi connectivity index (χ1n) is 5.08. The van der Waals surface area contributed by atoms with Gasteiger partial charge in [0.25, 0.3) is 0 Å². The summed E-state index contributed by atoms with van der Waals surface area (Å²) in [5.74, 6) is 2.79. The van der Waals surface area contributed by atoms with Crippen LogP contribution in [0.15, 0.2) is 0 Å². The number of alkyl halides is 1. The second-order valence-corrected chi connectivity index (χ2v) is 5.40. The first-order chi connectivity index (χ1) is 5.75. The lowest BCUT2D eigenvalue weighted by Gasteiger charge is -2.39. The normalized spacial score (nSPS) is 62.5. The smallest absolute Gasteiger partial charge is 0.0574 e. The van der Waals surface area contributed by atoms with E-state index >= 15 is 0 Å². The lowest BCUT2D eigenvalue weighted by Crippen LogP contribution is -2.37. The largest absolute Gasteiger partial charge is 0.393 e. The summed E-state index contributed by atoms with van der Waals surface area (Å²) in [6, 6.07) is 0. The van der Waals surface area contributed by atoms with E-state index in [4.69, 9.17) is 11.6 Å². The molecule has 3 saturated carbocycles. The molecule has 0 saturated heterocycles. The molecule has 6 atom stereocenters. The van der Waals surface area contributed by atoms with Crippen molar-refractivity contribution in [2.45, 2.75) is 37.2 Å². The topological polar surface area (TPSA) is 20.2 Å². The molecule has 2 heteroatoms. The van der Waals surface area contributed by atoms with Crippen molar-refractivity contribution >= 4 is 11.6 Å². The summed E-state index contributed by atoms with van der Waals surface area (Å²) in [5, 5.41) is 10.2. The molecule has 0 aliphatic heterocycles. The number of rotatable bonds is 0. The third kappa shape index (κ3) is 0.843. The Kier molecular flexibility index (Phi) is 1.52. The molecule has 0 radical (unpaired) electrons. The van der Waals surface area contributed by atoms with Gasteiger partial charge in [0.1, 0.15) is 0 Å². The molecule has 0 aromatic heterocycles. The fraction of sp³-hybridized carbons (Fsp3) is 1.00. The first-order valence-corrected chi connectivity index (χ1v) is 5.51. The lowest BCUT2D eigenvalue weighted by atomic mass is 9.71. The Bertz CT molecular complexity index is 204. The van der Waals surface area contributed by atoms with Gasteiger partial charge >= 0.3 is 0 Å². The van der Waals surface area contributed by atoms with Gasteiger partial charge in [0, 0.05) is 5.38 Å². The van der Waals surface area contributed by atoms with Crippen molar-refractivity contribution in [2.75, 3.05) is 0 Å². The number of hydrogen-bond acceptors (Lipinski definition) is 1. The summed E-state index contributed by atoms with van der Waals surface area (Å²) >= 11 is 6.36. The van der Waals surface area contributed by atoms with E-state index in [-0.39, 0.29) is 6.10 Å². The minimum Gasteiger partial charge on any atom is -0.393 e. The standard InChI is InChI=1S/C10H15ClO/c11-10-6-1-5-2-7(10)4-9(12)8(5)3-6/h5-10,12H,1-4H2/t5-,6-,7+,8-,9-,10?/m0/s1. The van der Waals surface area contributed by atoms with E-state index in [1.807, 2.05) is 0 Å². The van der Waals surface area contributed by atoms with E-state index in [0.29, 0.717) is 17.2 Å². The molecule has 3 fully saturated rings. The highest BCUT2D eigenvalue weighted by atomic mass is 35.5. The number of hydrogen-bond donors (Lipinski definition) is 1. The monoisotopic (exact) mass is 186 g/mol. The Balaban J connectivity index is 1.96. The van der Waals surface area contributed by atoms with Gasteiger partial charge < -0.3 is 5.11 Å². The first kappa shape index (κ1) is 7.64. The van der Waals surface area contributed by atoms with Gasteiger partial charge in [-0.2, -0.15) is 0 Å². The van der Waals surface area contributed by atoms with Gasteiger partial charge in [-0.15, -0.1) is 11.6 Å². The minimum atomic E-state index is -0.0255. The summed E-state index contributed by atoms with van der Waals surface area (Å²) in [5.41, 5.74) is 0. The SMILES string of the molecule is O[C@H]1C[C@H]2C[C@@H]3C[C@@H](C[C@@H]31)C2Cl. The van der Waals surface area contributed by atoms with Crippen LogP contribution in [0.5, 0.6) is 0 Å². The zero-order chi connectivity index (χ0) is 8.29. The molecular formula is C10H15ClO. The zero-order valence-corrected chi connectivity index (χ0v) is 7.87. The van der Waals surface area contributed by atoms with Crippen molar-refractivity contribution < 1.29 is 5.11 Å². The van der Waals surface area contributed by atoms with Gasteiger partial charge in [-0.3, -0.25) is 0 Å². The molecule has 0 heterocycles. The van der Waals surface area contributed by atoms with Crippen LogP contribution in [-0.2, 0) is 0 Å². The highest BCUT2D eigenvalue weighted by Crippen LogP contribution is 2.56. The summed E-state index contributed by atoms with van der Waals surface area (Å²) in [7, 11) is 0. The van der Waals surface area contributed by atoms with Crippen LogP contribution in [0.1, 0.15) is 25.7 Å². The minimum absolute atomic E-state index is 0.0255. The molecule has 12 heavy (non-hydrogen) atoms. The molecule has 1 N–H and O–H groups in total. The maximum atomic E-state index is 9.84. The van der Waals surface area contributed by atoms with Crippen molar-refractivity contribution in [3.8, 4) is 0 Å². The third-order valence-electron chi connectivity index (χ3n) is 4.33. The Morgan fingerprint density at radius 2 is 1.58 bits per heavy atom. The Labute approximate surface area is 78.1 Å². The van der Waals surface area contributed by atoms with Crippen LogP contribution in [-0.4, -0.2) is 16.6 Å². The van der Waals surface area contributed by atoms with Crippen LogP contribution in [0, 0.1) is 23.7 Å². The summed E-state index contributed by atoms with van der Waals surface area (Å²) in [4.78, 5) is 0. The van der Waals surface area contributed by atoms with Gasteiger partial charge in [-0.05, 0) is 49.4 Å². The molecule has 3 aliphatic rings. The van der Waals surface area contributed by atoms with Crippen molar-refractivity contribution in [3.05, 3.63) is 0 Å². The third-order valence-corrected chi connectivity index (χ3v) is 5.04. The van der Waals surface area contributed by atoms with E-state index in [9.17, 15) is 5.11 Å². The van der Waals surface area contributed by atoms with Crippen molar-refractivity contribution in [1.82, 2.24) is 0 Å². The van der Waals surface area contributed by atoms with Crippen molar-refractivity contribution in [2.24, 2.45) is 23.7 Å². The van der Waals surface area contributed by atoms with E-state index in [1.54, 1.807) is 0 Å². The predicted molar refractivity (Wildman–Crippen MR) is 48.1 cm³/mol. The molecule has 0 aromatic carbocycles. The van der Waals surface area contributed by atoms with Crippen LogP contribution in [0.4, 0.5) is 0 Å². The Morgan fingerprint density at radius 1 is 0.917 bits per heavy atom. The maximum Gasteiger partial charge on any atom is 0.0574 e. The van der Waals surface area contributed by atoms with Gasteiger partial charge in [-0.1, -0.05) is 0 Å². The fourth-order valence-electron chi connectivity index (χ4n) is 3.82. The maximum absolute atomic E-state index is 9.84. The van der Waals surface area contributed by atoms with Gasteiger partial charge in [0.2, 0.25) is 0 Å². The number of fused-ring (bicyclic) bond motifs is 2. The van der Waals surface area contributed by atoms with E-state index in [2.05, 4.69) is 0 Å². The molecule has 3 aliphatic carbocycles. The molecule has 1 unspecified atom stereocenters. The van der Waals surface area contributed by atoms with Crippen LogP contribution < -0.4 is 0 Å². The molecule has 0 amide bonds. The molecule has 68 valence electrons. The molecule has 0 aromatic rings. The Hall–Kier alpha value is 0.250.